The Morgan fingerprint density at radius 1 is 1.09 bits per heavy atom. The van der Waals surface area contributed by atoms with Crippen LogP contribution in [0, 0.1) is 5.92 Å². The van der Waals surface area contributed by atoms with Gasteiger partial charge in [-0.15, -0.1) is 0 Å². The van der Waals surface area contributed by atoms with E-state index in [9.17, 15) is 44.7 Å². The molecule has 2 aliphatic rings. The topological polar surface area (TPSA) is 218 Å². The number of thiocarbonyl (C=S) groups is 1. The van der Waals surface area contributed by atoms with E-state index in [-0.39, 0.29) is 24.0 Å². The molecule has 3 rings (SSSR count). The number of benzene rings is 1. The average Bonchev–Trinajstić information content (AvgIpc) is 3.14. The number of nitrogens with one attached hydrogen (secondary N) is 1. The Morgan fingerprint density at radius 2 is 1.70 bits per heavy atom. The molecule has 2 aliphatic heterocycles. The van der Waals surface area contributed by atoms with Crippen molar-refractivity contribution in [2.75, 3.05) is 0 Å². The summed E-state index contributed by atoms with van der Waals surface area (Å²) in [5, 5.41) is 55.2. The lowest BCUT2D eigenvalue weighted by molar-refractivity contribution is -0.373. The number of aliphatic carboxylic acids is 3. The average molecular weight is 640 g/mol. The van der Waals surface area contributed by atoms with Gasteiger partial charge in [0.2, 0.25) is 23.1 Å². The molecule has 0 spiro atoms. The second-order valence-corrected chi connectivity index (χ2v) is 11.7. The number of carbonyl (C=O) groups is 4. The summed E-state index contributed by atoms with van der Waals surface area (Å²) in [4.78, 5) is 49.5. The van der Waals surface area contributed by atoms with Crippen LogP contribution in [0.15, 0.2) is 42.5 Å². The predicted octanol–water partition coefficient (Wildman–Crippen LogP) is 1.01. The summed E-state index contributed by atoms with van der Waals surface area (Å²) in [6.45, 7) is 10.4. The van der Waals surface area contributed by atoms with Crippen molar-refractivity contribution in [1.29, 1.82) is 0 Å². The van der Waals surface area contributed by atoms with E-state index in [0.29, 0.717) is 6.42 Å². The zero-order chi connectivity index (χ0) is 33.2. The molecule has 242 valence electrons. The van der Waals surface area contributed by atoms with Gasteiger partial charge >= 0.3 is 23.9 Å². The maximum Gasteiger partial charge on any atom is 0.344 e. The van der Waals surface area contributed by atoms with Gasteiger partial charge in [0.15, 0.2) is 6.10 Å². The van der Waals surface area contributed by atoms with Crippen LogP contribution in [0.4, 0.5) is 0 Å². The molecule has 8 atom stereocenters. The molecule has 2 saturated heterocycles. The maximum absolute atomic E-state index is 12.8. The highest BCUT2D eigenvalue weighted by Crippen LogP contribution is 2.55. The molecule has 2 fully saturated rings. The standard InChI is InChI=1S/C29H37NO13S/c1-14(2)30-26(44)41-21-20(32)27(42-22(23(33)34)28(39,24(35)36)29(21,43-27)25(37)38)12-11-15(3)19(40-17(5)31)16(4)13-18-9-7-6-8-10-18/h6-10,14,16,19-22,32,39H,3,11-13H2,1-2,4-5H3,(H,30,44)(H,33,34)(H,35,36)(H,37,38)/t16-,19-,20-,21-,22?,27?,28?,29?/m1/s1. The van der Waals surface area contributed by atoms with Crippen LogP contribution in [0.2, 0.25) is 0 Å². The lowest BCUT2D eigenvalue weighted by Gasteiger charge is -2.48. The van der Waals surface area contributed by atoms with Crippen LogP contribution < -0.4 is 5.32 Å². The van der Waals surface area contributed by atoms with E-state index in [2.05, 4.69) is 11.9 Å². The van der Waals surface area contributed by atoms with E-state index in [0.717, 1.165) is 5.56 Å². The number of esters is 1. The van der Waals surface area contributed by atoms with Crippen molar-refractivity contribution >= 4 is 41.3 Å². The molecule has 4 unspecified atom stereocenters. The van der Waals surface area contributed by atoms with E-state index >= 15 is 0 Å². The molecule has 15 heteroatoms. The maximum atomic E-state index is 12.8. The Kier molecular flexibility index (Phi) is 10.4. The van der Waals surface area contributed by atoms with Crippen LogP contribution in [-0.4, -0.2) is 102 Å². The zero-order valence-electron chi connectivity index (χ0n) is 24.6. The summed E-state index contributed by atoms with van der Waals surface area (Å²) in [5.74, 6) is -9.98. The number of carboxylic acid groups (broad SMARTS) is 3. The van der Waals surface area contributed by atoms with Crippen molar-refractivity contribution in [2.24, 2.45) is 5.92 Å². The first-order valence-electron chi connectivity index (χ1n) is 13.8. The summed E-state index contributed by atoms with van der Waals surface area (Å²) in [6.07, 6.45) is -8.30. The molecular formula is C29H37NO13S. The molecule has 2 heterocycles. The molecule has 0 radical (unpaired) electrons. The molecule has 1 aromatic rings. The van der Waals surface area contributed by atoms with Crippen molar-refractivity contribution in [2.45, 2.75) is 94.4 Å². The van der Waals surface area contributed by atoms with E-state index in [1.165, 1.54) is 6.92 Å². The van der Waals surface area contributed by atoms with Crippen molar-refractivity contribution in [3.63, 3.8) is 0 Å². The Morgan fingerprint density at radius 3 is 2.20 bits per heavy atom. The number of fused-ring (bicyclic) bond motifs is 2. The fourth-order valence-electron chi connectivity index (χ4n) is 5.68. The Hall–Kier alpha value is -3.63. The third-order valence-corrected chi connectivity index (χ3v) is 7.86. The molecule has 0 aliphatic carbocycles. The fraction of sp³-hybridized carbons (Fsp3) is 0.552. The zero-order valence-corrected chi connectivity index (χ0v) is 25.4. The minimum Gasteiger partial charge on any atom is -0.479 e. The molecule has 44 heavy (non-hydrogen) atoms. The number of aliphatic hydroxyl groups excluding tert-OH is 1. The van der Waals surface area contributed by atoms with E-state index in [1.807, 2.05) is 37.3 Å². The van der Waals surface area contributed by atoms with Gasteiger partial charge in [-0.1, -0.05) is 43.8 Å². The highest BCUT2D eigenvalue weighted by atomic mass is 32.1. The second-order valence-electron chi connectivity index (χ2n) is 11.3. The molecular weight excluding hydrogens is 602 g/mol. The lowest BCUT2D eigenvalue weighted by atomic mass is 9.74. The third-order valence-electron chi connectivity index (χ3n) is 7.65. The van der Waals surface area contributed by atoms with Crippen molar-refractivity contribution in [1.82, 2.24) is 5.32 Å². The molecule has 6 N–H and O–H groups in total. The largest absolute Gasteiger partial charge is 0.479 e. The van der Waals surface area contributed by atoms with Crippen LogP contribution >= 0.6 is 12.2 Å². The predicted molar refractivity (Wildman–Crippen MR) is 154 cm³/mol. The van der Waals surface area contributed by atoms with Crippen molar-refractivity contribution in [3.8, 4) is 0 Å². The second kappa shape index (κ2) is 13.2. The molecule has 0 aromatic heterocycles. The normalized spacial score (nSPS) is 30.6. The summed E-state index contributed by atoms with van der Waals surface area (Å²) in [6, 6.07) is 8.98. The van der Waals surface area contributed by atoms with Gasteiger partial charge in [0.25, 0.3) is 5.17 Å². The summed E-state index contributed by atoms with van der Waals surface area (Å²) < 4.78 is 22.2. The van der Waals surface area contributed by atoms with Crippen LogP contribution in [0.5, 0.6) is 0 Å². The molecule has 0 saturated carbocycles. The van der Waals surface area contributed by atoms with Gasteiger partial charge in [0.1, 0.15) is 12.2 Å². The summed E-state index contributed by atoms with van der Waals surface area (Å²) in [5.41, 5.74) is -5.99. The Labute approximate surface area is 258 Å². The quantitative estimate of drug-likeness (QED) is 0.101. The van der Waals surface area contributed by atoms with Gasteiger partial charge < -0.3 is 49.8 Å². The highest BCUT2D eigenvalue weighted by molar-refractivity contribution is 7.80. The first kappa shape index (κ1) is 34.9. The van der Waals surface area contributed by atoms with Gasteiger partial charge in [-0.2, -0.15) is 0 Å². The first-order chi connectivity index (χ1) is 20.4. The lowest BCUT2D eigenvalue weighted by Crippen LogP contribution is -2.78. The number of carbonyl (C=O) groups excluding carboxylic acids is 1. The number of aliphatic hydroxyl groups is 2. The number of hydrogen-bond donors (Lipinski definition) is 6. The summed E-state index contributed by atoms with van der Waals surface area (Å²) >= 11 is 5.10. The van der Waals surface area contributed by atoms with E-state index in [4.69, 9.17) is 31.2 Å². The number of rotatable bonds is 13. The molecule has 14 nitrogen and oxygen atoms in total. The number of hydrogen-bond acceptors (Lipinski definition) is 11. The molecule has 2 bridgehead atoms. The van der Waals surface area contributed by atoms with E-state index < -0.39 is 76.9 Å². The minimum atomic E-state index is -3.80. The first-order valence-corrected chi connectivity index (χ1v) is 14.2. The van der Waals surface area contributed by atoms with Crippen molar-refractivity contribution in [3.05, 3.63) is 48.0 Å². The van der Waals surface area contributed by atoms with Gasteiger partial charge in [0, 0.05) is 25.3 Å². The fourth-order valence-corrected chi connectivity index (χ4v) is 6.02. The number of carboxylic acids is 3. The van der Waals surface area contributed by atoms with Crippen molar-refractivity contribution < 1.29 is 63.7 Å². The molecule has 1 aromatic carbocycles. The monoisotopic (exact) mass is 639 g/mol. The van der Waals surface area contributed by atoms with Crippen LogP contribution in [0.3, 0.4) is 0 Å². The van der Waals surface area contributed by atoms with Crippen LogP contribution in [0.1, 0.15) is 46.1 Å². The van der Waals surface area contributed by atoms with Gasteiger partial charge in [0.05, 0.1) is 0 Å². The van der Waals surface area contributed by atoms with Gasteiger partial charge in [-0.05, 0) is 50.0 Å². The van der Waals surface area contributed by atoms with Crippen LogP contribution in [0.25, 0.3) is 0 Å². The smallest absolute Gasteiger partial charge is 0.344 e. The van der Waals surface area contributed by atoms with Gasteiger partial charge in [-0.3, -0.25) is 4.79 Å². The molecule has 0 amide bonds. The Bertz CT molecular complexity index is 1310. The minimum absolute atomic E-state index is 0.191. The SMILES string of the molecule is C=C(CCC12OC(C(=O)O)C(O)(C(=O)O)C(C(=O)O)(O1)[C@H](OC(=S)NC(C)C)[C@H]2O)[C@@H](OC(C)=O)[C@H](C)Cc1ccccc1. The number of ether oxygens (including phenoxy) is 4. The third kappa shape index (κ3) is 6.28. The van der Waals surface area contributed by atoms with Crippen LogP contribution in [-0.2, 0) is 44.5 Å². The van der Waals surface area contributed by atoms with Gasteiger partial charge in [-0.25, -0.2) is 14.4 Å². The summed E-state index contributed by atoms with van der Waals surface area (Å²) in [7, 11) is 0. The Balaban J connectivity index is 2.03. The van der Waals surface area contributed by atoms with E-state index in [1.54, 1.807) is 13.8 Å². The highest BCUT2D eigenvalue weighted by Gasteiger charge is 2.85.